The molecule has 0 unspecified atom stereocenters. The molecule has 2 aromatic carbocycles. The summed E-state index contributed by atoms with van der Waals surface area (Å²) in [6.45, 7) is 2.89. The summed E-state index contributed by atoms with van der Waals surface area (Å²) in [5.41, 5.74) is 8.63. The maximum Gasteiger partial charge on any atom is 0.170 e. The molecule has 0 saturated carbocycles. The third-order valence-corrected chi connectivity index (χ3v) is 3.87. The highest BCUT2D eigenvalue weighted by molar-refractivity contribution is 9.10. The highest BCUT2D eigenvalue weighted by Gasteiger charge is 2.05. The quantitative estimate of drug-likeness (QED) is 0.336. The van der Waals surface area contributed by atoms with Gasteiger partial charge in [0.2, 0.25) is 0 Å². The van der Waals surface area contributed by atoms with Crippen LogP contribution in [0.3, 0.4) is 0 Å². The molecule has 4 N–H and O–H groups in total. The van der Waals surface area contributed by atoms with E-state index in [4.69, 9.17) is 10.9 Å². The minimum atomic E-state index is 0.123. The fourth-order valence-corrected chi connectivity index (χ4v) is 2.26. The van der Waals surface area contributed by atoms with Gasteiger partial charge in [0, 0.05) is 22.6 Å². The van der Waals surface area contributed by atoms with Gasteiger partial charge in [-0.3, -0.25) is 0 Å². The topological polar surface area (TPSA) is 70.6 Å². The lowest BCUT2D eigenvalue weighted by atomic mass is 10.1. The number of nitrogens with zero attached hydrogens (tertiary/aromatic N) is 1. The molecule has 5 heteroatoms. The van der Waals surface area contributed by atoms with Gasteiger partial charge in [0.1, 0.15) is 0 Å². The van der Waals surface area contributed by atoms with Crippen LogP contribution in [0.1, 0.15) is 29.7 Å². The predicted molar refractivity (Wildman–Crippen MR) is 88.3 cm³/mol. The van der Waals surface area contributed by atoms with Crippen molar-refractivity contribution in [3.8, 4) is 0 Å². The third-order valence-electron chi connectivity index (χ3n) is 3.34. The maximum atomic E-state index is 8.63. The number of halogens is 1. The number of benzene rings is 2. The Morgan fingerprint density at radius 2 is 1.81 bits per heavy atom. The second kappa shape index (κ2) is 7.24. The molecule has 4 nitrogen and oxygen atoms in total. The fourth-order valence-electron chi connectivity index (χ4n) is 1.99. The van der Waals surface area contributed by atoms with Crippen molar-refractivity contribution in [3.05, 3.63) is 69.7 Å². The number of rotatable bonds is 5. The summed E-state index contributed by atoms with van der Waals surface area (Å²) >= 11 is 3.44. The molecule has 0 heterocycles. The van der Waals surface area contributed by atoms with E-state index in [0.29, 0.717) is 5.56 Å². The Balaban J connectivity index is 1.95. The summed E-state index contributed by atoms with van der Waals surface area (Å²) in [7, 11) is 0. The molecule has 0 saturated heterocycles. The maximum absolute atomic E-state index is 8.63. The van der Waals surface area contributed by atoms with E-state index in [0.717, 1.165) is 16.6 Å². The lowest BCUT2D eigenvalue weighted by Gasteiger charge is -2.14. The zero-order valence-electron chi connectivity index (χ0n) is 11.8. The molecule has 0 aliphatic rings. The first-order chi connectivity index (χ1) is 10.1. The number of oxime groups is 1. The third kappa shape index (κ3) is 4.31. The first kappa shape index (κ1) is 15.5. The number of hydrogen-bond acceptors (Lipinski definition) is 3. The standard InChI is InChI=1S/C16H18BrN3O/c1-11(13-6-8-15(17)9-7-13)19-10-12-2-4-14(5-3-12)16(18)20-21/h2-9,11,19,21H,10H2,1H3,(H2,18,20)/t11-/m0/s1. The lowest BCUT2D eigenvalue weighted by molar-refractivity contribution is 0.318. The molecule has 21 heavy (non-hydrogen) atoms. The molecular weight excluding hydrogens is 330 g/mol. The molecular formula is C16H18BrN3O. The molecule has 0 bridgehead atoms. The number of nitrogens with two attached hydrogens (primary N) is 1. The number of nitrogens with one attached hydrogen (secondary N) is 1. The van der Waals surface area contributed by atoms with E-state index in [2.05, 4.69) is 45.5 Å². The Morgan fingerprint density at radius 1 is 1.19 bits per heavy atom. The summed E-state index contributed by atoms with van der Waals surface area (Å²) in [6, 6.07) is 16.2. The van der Waals surface area contributed by atoms with Crippen LogP contribution in [-0.4, -0.2) is 11.0 Å². The van der Waals surface area contributed by atoms with Crippen LogP contribution in [0.2, 0.25) is 0 Å². The number of hydrogen-bond donors (Lipinski definition) is 3. The molecule has 2 aromatic rings. The van der Waals surface area contributed by atoms with Crippen molar-refractivity contribution in [2.24, 2.45) is 10.9 Å². The Labute approximate surface area is 132 Å². The average Bonchev–Trinajstić information content (AvgIpc) is 2.53. The Kier molecular flexibility index (Phi) is 5.36. The molecule has 0 radical (unpaired) electrons. The van der Waals surface area contributed by atoms with Crippen molar-refractivity contribution >= 4 is 21.8 Å². The summed E-state index contributed by atoms with van der Waals surface area (Å²) in [4.78, 5) is 0. The second-order valence-corrected chi connectivity index (χ2v) is 5.75. The van der Waals surface area contributed by atoms with Crippen LogP contribution in [0.5, 0.6) is 0 Å². The smallest absolute Gasteiger partial charge is 0.170 e. The molecule has 0 aromatic heterocycles. The van der Waals surface area contributed by atoms with E-state index in [1.165, 1.54) is 5.56 Å². The largest absolute Gasteiger partial charge is 0.409 e. The minimum Gasteiger partial charge on any atom is -0.409 e. The van der Waals surface area contributed by atoms with E-state index >= 15 is 0 Å². The molecule has 0 amide bonds. The first-order valence-electron chi connectivity index (χ1n) is 6.66. The minimum absolute atomic E-state index is 0.123. The van der Waals surface area contributed by atoms with Gasteiger partial charge in [0.25, 0.3) is 0 Å². The molecule has 0 aliphatic carbocycles. The van der Waals surface area contributed by atoms with E-state index in [-0.39, 0.29) is 11.9 Å². The summed E-state index contributed by atoms with van der Waals surface area (Å²) in [5, 5.41) is 15.1. The summed E-state index contributed by atoms with van der Waals surface area (Å²) in [5.74, 6) is 0.123. The van der Waals surface area contributed by atoms with Crippen LogP contribution in [-0.2, 0) is 6.54 Å². The fraction of sp³-hybridized carbons (Fsp3) is 0.188. The monoisotopic (exact) mass is 347 g/mol. The SMILES string of the molecule is C[C@H](NCc1ccc(/C(N)=N/O)cc1)c1ccc(Br)cc1. The van der Waals surface area contributed by atoms with Gasteiger partial charge < -0.3 is 16.3 Å². The van der Waals surface area contributed by atoms with Gasteiger partial charge in [0.15, 0.2) is 5.84 Å². The molecule has 110 valence electrons. The van der Waals surface area contributed by atoms with Crippen molar-refractivity contribution in [2.75, 3.05) is 0 Å². The lowest BCUT2D eigenvalue weighted by Crippen LogP contribution is -2.18. The van der Waals surface area contributed by atoms with E-state index in [1.54, 1.807) is 0 Å². The van der Waals surface area contributed by atoms with Crippen LogP contribution in [0.25, 0.3) is 0 Å². The summed E-state index contributed by atoms with van der Waals surface area (Å²) in [6.07, 6.45) is 0. The zero-order valence-corrected chi connectivity index (χ0v) is 13.3. The van der Waals surface area contributed by atoms with Crippen molar-refractivity contribution in [2.45, 2.75) is 19.5 Å². The molecule has 0 aliphatic heterocycles. The normalized spacial score (nSPS) is 13.1. The van der Waals surface area contributed by atoms with Crippen molar-refractivity contribution < 1.29 is 5.21 Å². The van der Waals surface area contributed by atoms with Gasteiger partial charge in [-0.1, -0.05) is 57.5 Å². The summed E-state index contributed by atoms with van der Waals surface area (Å²) < 4.78 is 1.08. The van der Waals surface area contributed by atoms with Crippen LogP contribution < -0.4 is 11.1 Å². The van der Waals surface area contributed by atoms with E-state index in [9.17, 15) is 0 Å². The predicted octanol–water partition coefficient (Wildman–Crippen LogP) is 3.39. The Hall–Kier alpha value is -1.85. The van der Waals surface area contributed by atoms with Gasteiger partial charge in [-0.2, -0.15) is 0 Å². The van der Waals surface area contributed by atoms with E-state index in [1.807, 2.05) is 36.4 Å². The molecule has 1 atom stereocenters. The van der Waals surface area contributed by atoms with Gasteiger partial charge in [-0.05, 0) is 30.2 Å². The Morgan fingerprint density at radius 3 is 2.38 bits per heavy atom. The van der Waals surface area contributed by atoms with Crippen LogP contribution in [0.15, 0.2) is 58.2 Å². The van der Waals surface area contributed by atoms with Crippen molar-refractivity contribution in [1.82, 2.24) is 5.32 Å². The molecule has 0 spiro atoms. The average molecular weight is 348 g/mol. The molecule has 2 rings (SSSR count). The van der Waals surface area contributed by atoms with Gasteiger partial charge in [-0.25, -0.2) is 0 Å². The highest BCUT2D eigenvalue weighted by atomic mass is 79.9. The molecule has 0 fully saturated rings. The number of amidine groups is 1. The van der Waals surface area contributed by atoms with Gasteiger partial charge >= 0.3 is 0 Å². The highest BCUT2D eigenvalue weighted by Crippen LogP contribution is 2.17. The van der Waals surface area contributed by atoms with Crippen LogP contribution >= 0.6 is 15.9 Å². The van der Waals surface area contributed by atoms with Crippen molar-refractivity contribution in [3.63, 3.8) is 0 Å². The van der Waals surface area contributed by atoms with Crippen molar-refractivity contribution in [1.29, 1.82) is 0 Å². The second-order valence-electron chi connectivity index (χ2n) is 4.84. The van der Waals surface area contributed by atoms with Crippen LogP contribution in [0, 0.1) is 0 Å². The first-order valence-corrected chi connectivity index (χ1v) is 7.45. The van der Waals surface area contributed by atoms with Gasteiger partial charge in [0.05, 0.1) is 0 Å². The van der Waals surface area contributed by atoms with E-state index < -0.39 is 0 Å². The van der Waals surface area contributed by atoms with Crippen LogP contribution in [0.4, 0.5) is 0 Å². The zero-order chi connectivity index (χ0) is 15.2. The van der Waals surface area contributed by atoms with Gasteiger partial charge in [-0.15, -0.1) is 0 Å². The Bertz CT molecular complexity index is 608.